The highest BCUT2D eigenvalue weighted by Gasteiger charge is 2.15. The number of ether oxygens (including phenoxy) is 1. The smallest absolute Gasteiger partial charge is 0.326 e. The van der Waals surface area contributed by atoms with Gasteiger partial charge in [-0.25, -0.2) is 4.98 Å². The van der Waals surface area contributed by atoms with E-state index < -0.39 is 18.5 Å². The van der Waals surface area contributed by atoms with Crippen molar-refractivity contribution < 1.29 is 14.3 Å². The molecule has 3 aromatic rings. The number of aromatic nitrogens is 2. The Morgan fingerprint density at radius 3 is 2.68 bits per heavy atom. The molecule has 0 aliphatic rings. The lowest BCUT2D eigenvalue weighted by atomic mass is 10.1. The van der Waals surface area contributed by atoms with Crippen LogP contribution in [0, 0.1) is 13.8 Å². The number of carbonyl (C=O) groups is 2. The summed E-state index contributed by atoms with van der Waals surface area (Å²) >= 11 is 1.44. The highest BCUT2D eigenvalue weighted by molar-refractivity contribution is 7.18. The number of nitrogens with one attached hydrogen (secondary N) is 1. The van der Waals surface area contributed by atoms with E-state index in [1.54, 1.807) is 0 Å². The summed E-state index contributed by atoms with van der Waals surface area (Å²) in [5, 5.41) is 3.29. The quantitative estimate of drug-likeness (QED) is 0.643. The van der Waals surface area contributed by atoms with Gasteiger partial charge < -0.3 is 10.1 Å². The Hall–Kier alpha value is -3.00. The van der Waals surface area contributed by atoms with Gasteiger partial charge in [-0.15, -0.1) is 11.3 Å². The van der Waals surface area contributed by atoms with Crippen molar-refractivity contribution in [1.29, 1.82) is 0 Å². The minimum Gasteiger partial charge on any atom is -0.454 e. The molecule has 146 valence electrons. The van der Waals surface area contributed by atoms with Gasteiger partial charge >= 0.3 is 5.97 Å². The molecule has 1 atom stereocenters. The van der Waals surface area contributed by atoms with Crippen LogP contribution in [0.4, 0.5) is 0 Å². The number of aryl methyl sites for hydroxylation is 2. The lowest BCUT2D eigenvalue weighted by Crippen LogP contribution is -2.32. The minimum atomic E-state index is -0.671. The molecule has 1 amide bonds. The van der Waals surface area contributed by atoms with Crippen molar-refractivity contribution in [3.63, 3.8) is 0 Å². The minimum absolute atomic E-state index is 0.202. The molecule has 0 bridgehead atoms. The van der Waals surface area contributed by atoms with E-state index >= 15 is 0 Å². The molecule has 0 aliphatic heterocycles. The van der Waals surface area contributed by atoms with Crippen molar-refractivity contribution in [2.75, 3.05) is 6.61 Å². The Morgan fingerprint density at radius 2 is 1.96 bits per heavy atom. The number of rotatable bonds is 6. The molecule has 3 rings (SSSR count). The van der Waals surface area contributed by atoms with Crippen LogP contribution in [0.1, 0.15) is 29.0 Å². The van der Waals surface area contributed by atoms with Crippen LogP contribution >= 0.6 is 11.3 Å². The van der Waals surface area contributed by atoms with E-state index in [2.05, 4.69) is 10.3 Å². The van der Waals surface area contributed by atoms with Crippen molar-refractivity contribution in [2.24, 2.45) is 0 Å². The molecule has 2 aromatic heterocycles. The largest absolute Gasteiger partial charge is 0.454 e. The molecule has 2 heterocycles. The van der Waals surface area contributed by atoms with Crippen molar-refractivity contribution in [3.8, 4) is 0 Å². The van der Waals surface area contributed by atoms with Crippen LogP contribution in [0.25, 0.3) is 10.2 Å². The number of nitrogens with zero attached hydrogens (tertiary/aromatic N) is 2. The third-order valence-corrected chi connectivity index (χ3v) is 5.61. The molecule has 7 nitrogen and oxygen atoms in total. The Labute approximate surface area is 166 Å². The van der Waals surface area contributed by atoms with E-state index in [4.69, 9.17) is 4.74 Å². The van der Waals surface area contributed by atoms with Crippen molar-refractivity contribution >= 4 is 33.4 Å². The SMILES string of the molecule is Cc1sc2ncn(CC(=O)OCC(=O)N[C@H](C)c3ccccc3)c(=O)c2c1C. The van der Waals surface area contributed by atoms with Crippen LogP contribution < -0.4 is 10.9 Å². The number of benzene rings is 1. The summed E-state index contributed by atoms with van der Waals surface area (Å²) in [6, 6.07) is 9.27. The first-order chi connectivity index (χ1) is 13.4. The fourth-order valence-corrected chi connectivity index (χ4v) is 3.81. The monoisotopic (exact) mass is 399 g/mol. The molecule has 0 saturated carbocycles. The van der Waals surface area contributed by atoms with Gasteiger partial charge in [0, 0.05) is 4.88 Å². The van der Waals surface area contributed by atoms with Crippen LogP contribution in [0.2, 0.25) is 0 Å². The Balaban J connectivity index is 1.58. The lowest BCUT2D eigenvalue weighted by Gasteiger charge is -2.14. The third kappa shape index (κ3) is 4.28. The van der Waals surface area contributed by atoms with Crippen LogP contribution in [-0.2, 0) is 20.9 Å². The third-order valence-electron chi connectivity index (χ3n) is 4.50. The van der Waals surface area contributed by atoms with Crippen LogP contribution in [0.15, 0.2) is 41.5 Å². The standard InChI is InChI=1S/C20H21N3O4S/c1-12-14(3)28-19-18(12)20(26)23(11-21-19)9-17(25)27-10-16(24)22-13(2)15-7-5-4-6-8-15/h4-8,11,13H,9-10H2,1-3H3,(H,22,24)/t13-/m1/s1. The van der Waals surface area contributed by atoms with Crippen LogP contribution in [0.5, 0.6) is 0 Å². The fraction of sp³-hybridized carbons (Fsp3) is 0.300. The zero-order valence-electron chi connectivity index (χ0n) is 15.9. The van der Waals surface area contributed by atoms with Gasteiger partial charge in [0.2, 0.25) is 0 Å². The summed E-state index contributed by atoms with van der Waals surface area (Å²) in [6.45, 7) is 4.93. The summed E-state index contributed by atoms with van der Waals surface area (Å²) in [5.74, 6) is -1.08. The van der Waals surface area contributed by atoms with E-state index in [0.29, 0.717) is 10.2 Å². The lowest BCUT2D eigenvalue weighted by molar-refractivity contribution is -0.149. The molecule has 1 N–H and O–H groups in total. The van der Waals surface area contributed by atoms with Crippen molar-refractivity contribution in [3.05, 3.63) is 63.0 Å². The number of carbonyl (C=O) groups excluding carboxylic acids is 2. The number of esters is 1. The van der Waals surface area contributed by atoms with Crippen molar-refractivity contribution in [1.82, 2.24) is 14.9 Å². The molecule has 0 spiro atoms. The molecule has 8 heteroatoms. The van der Waals surface area contributed by atoms with Gasteiger partial charge in [-0.05, 0) is 31.9 Å². The van der Waals surface area contributed by atoms with Gasteiger partial charge in [0.05, 0.1) is 17.8 Å². The molecule has 0 fully saturated rings. The molecule has 0 aliphatic carbocycles. The van der Waals surface area contributed by atoms with E-state index in [9.17, 15) is 14.4 Å². The van der Waals surface area contributed by atoms with Crippen LogP contribution in [-0.4, -0.2) is 28.0 Å². The second-order valence-corrected chi connectivity index (χ2v) is 7.70. The first-order valence-electron chi connectivity index (χ1n) is 8.82. The Bertz CT molecular complexity index is 1070. The van der Waals surface area contributed by atoms with Gasteiger partial charge in [0.25, 0.3) is 11.5 Å². The molecular weight excluding hydrogens is 378 g/mol. The fourth-order valence-electron chi connectivity index (χ4n) is 2.82. The summed E-state index contributed by atoms with van der Waals surface area (Å²) in [4.78, 5) is 42.6. The first-order valence-corrected chi connectivity index (χ1v) is 9.63. The van der Waals surface area contributed by atoms with E-state index in [1.165, 1.54) is 22.2 Å². The predicted molar refractivity (Wildman–Crippen MR) is 107 cm³/mol. The second kappa shape index (κ2) is 8.35. The summed E-state index contributed by atoms with van der Waals surface area (Å²) in [6.07, 6.45) is 1.33. The van der Waals surface area contributed by atoms with Gasteiger partial charge in [-0.3, -0.25) is 19.0 Å². The predicted octanol–water partition coefficient (Wildman–Crippen LogP) is 2.50. The molecule has 0 radical (unpaired) electrons. The molecule has 1 aromatic carbocycles. The van der Waals surface area contributed by atoms with Gasteiger partial charge in [0.1, 0.15) is 11.4 Å². The summed E-state index contributed by atoms with van der Waals surface area (Å²) in [7, 11) is 0. The number of fused-ring (bicyclic) bond motifs is 1. The normalized spacial score (nSPS) is 12.0. The summed E-state index contributed by atoms with van der Waals surface area (Å²) < 4.78 is 6.21. The average molecular weight is 399 g/mol. The van der Waals surface area contributed by atoms with Gasteiger partial charge in [-0.2, -0.15) is 0 Å². The zero-order valence-corrected chi connectivity index (χ0v) is 16.7. The molecular formula is C20H21N3O4S. The van der Waals surface area contributed by atoms with Crippen molar-refractivity contribution in [2.45, 2.75) is 33.4 Å². The highest BCUT2D eigenvalue weighted by Crippen LogP contribution is 2.25. The van der Waals surface area contributed by atoms with E-state index in [0.717, 1.165) is 16.0 Å². The zero-order chi connectivity index (χ0) is 20.3. The number of hydrogen-bond donors (Lipinski definition) is 1. The molecule has 0 saturated heterocycles. The Kier molecular flexibility index (Phi) is 5.89. The van der Waals surface area contributed by atoms with Gasteiger partial charge in [-0.1, -0.05) is 30.3 Å². The van der Waals surface area contributed by atoms with E-state index in [1.807, 2.05) is 51.1 Å². The number of hydrogen-bond acceptors (Lipinski definition) is 6. The molecule has 28 heavy (non-hydrogen) atoms. The van der Waals surface area contributed by atoms with Crippen LogP contribution in [0.3, 0.4) is 0 Å². The van der Waals surface area contributed by atoms with E-state index in [-0.39, 0.29) is 18.1 Å². The average Bonchev–Trinajstić information content (AvgIpc) is 2.97. The van der Waals surface area contributed by atoms with Gasteiger partial charge in [0.15, 0.2) is 6.61 Å². The highest BCUT2D eigenvalue weighted by atomic mass is 32.1. The number of thiophene rings is 1. The maximum absolute atomic E-state index is 12.6. The second-order valence-electron chi connectivity index (χ2n) is 6.50. The number of amides is 1. The maximum Gasteiger partial charge on any atom is 0.326 e. The maximum atomic E-state index is 12.6. The molecule has 0 unspecified atom stereocenters. The topological polar surface area (TPSA) is 90.3 Å². The Morgan fingerprint density at radius 1 is 1.25 bits per heavy atom. The first kappa shape index (κ1) is 19.8. The summed E-state index contributed by atoms with van der Waals surface area (Å²) in [5.41, 5.74) is 1.54.